The molecule has 1 aromatic rings. The van der Waals surface area contributed by atoms with Crippen molar-refractivity contribution in [3.8, 4) is 11.5 Å². The first-order valence-electron chi connectivity index (χ1n) is 8.13. The van der Waals surface area contributed by atoms with E-state index >= 15 is 0 Å². The predicted octanol–water partition coefficient (Wildman–Crippen LogP) is 3.55. The summed E-state index contributed by atoms with van der Waals surface area (Å²) in [7, 11) is 1.56. The first-order valence-corrected chi connectivity index (χ1v) is 9.36. The second kappa shape index (κ2) is 9.05. The van der Waals surface area contributed by atoms with E-state index in [1.165, 1.54) is 16.7 Å². The molecule has 1 N–H and O–H groups in total. The Morgan fingerprint density at radius 2 is 2.12 bits per heavy atom. The summed E-state index contributed by atoms with van der Waals surface area (Å²) in [5, 5.41) is 8.72. The van der Waals surface area contributed by atoms with E-state index in [2.05, 4.69) is 0 Å². The topological polar surface area (TPSA) is 76.1 Å². The van der Waals surface area contributed by atoms with Crippen LogP contribution < -0.4 is 9.47 Å². The maximum Gasteiger partial charge on any atom is 0.303 e. The molecule has 1 aromatic carbocycles. The van der Waals surface area contributed by atoms with Crippen molar-refractivity contribution in [2.24, 2.45) is 0 Å². The van der Waals surface area contributed by atoms with Crippen molar-refractivity contribution in [1.29, 1.82) is 0 Å². The molecular formula is C18H21NO5S2. The monoisotopic (exact) mass is 395 g/mol. The van der Waals surface area contributed by atoms with Crippen molar-refractivity contribution in [2.75, 3.05) is 13.7 Å². The molecule has 8 heteroatoms. The van der Waals surface area contributed by atoms with Gasteiger partial charge in [-0.1, -0.05) is 30.0 Å². The number of carboxylic acid groups (broad SMARTS) is 1. The van der Waals surface area contributed by atoms with Gasteiger partial charge in [0.25, 0.3) is 5.91 Å². The van der Waals surface area contributed by atoms with Gasteiger partial charge in [-0.2, -0.15) is 0 Å². The van der Waals surface area contributed by atoms with Gasteiger partial charge in [-0.15, -0.1) is 0 Å². The first kappa shape index (κ1) is 20.3. The minimum atomic E-state index is -0.887. The summed E-state index contributed by atoms with van der Waals surface area (Å²) in [6.45, 7) is 4.17. The summed E-state index contributed by atoms with van der Waals surface area (Å²) in [4.78, 5) is 25.1. The van der Waals surface area contributed by atoms with E-state index in [1.54, 1.807) is 25.3 Å². The third-order valence-electron chi connectivity index (χ3n) is 3.49. The van der Waals surface area contributed by atoms with Gasteiger partial charge in [-0.3, -0.25) is 14.5 Å². The smallest absolute Gasteiger partial charge is 0.303 e. The van der Waals surface area contributed by atoms with Crippen LogP contribution >= 0.6 is 24.0 Å². The number of thioether (sulfide) groups is 1. The molecule has 1 aliphatic heterocycles. The van der Waals surface area contributed by atoms with Crippen molar-refractivity contribution < 1.29 is 24.2 Å². The maximum absolute atomic E-state index is 12.5. The third-order valence-corrected chi connectivity index (χ3v) is 4.87. The molecule has 26 heavy (non-hydrogen) atoms. The number of nitrogens with zero attached hydrogens (tertiary/aromatic N) is 1. The molecule has 6 nitrogen and oxygen atoms in total. The number of rotatable bonds is 8. The summed E-state index contributed by atoms with van der Waals surface area (Å²) < 4.78 is 11.5. The van der Waals surface area contributed by atoms with Crippen LogP contribution in [0.4, 0.5) is 0 Å². The van der Waals surface area contributed by atoms with Crippen molar-refractivity contribution >= 4 is 46.3 Å². The first-order chi connectivity index (χ1) is 12.3. The number of carbonyl (C=O) groups excluding carboxylic acids is 1. The SMILES string of the molecule is COc1cc(C=C2SC(=S)N(CCCC(=O)O)C2=O)ccc1OC(C)C. The fourth-order valence-electron chi connectivity index (χ4n) is 2.36. The molecule has 1 amide bonds. The molecule has 140 valence electrons. The number of amides is 1. The van der Waals surface area contributed by atoms with Gasteiger partial charge in [0.1, 0.15) is 4.32 Å². The average molecular weight is 396 g/mol. The molecule has 0 aliphatic carbocycles. The molecule has 0 atom stereocenters. The highest BCUT2D eigenvalue weighted by molar-refractivity contribution is 8.26. The second-order valence-corrected chi connectivity index (χ2v) is 7.58. The molecule has 0 unspecified atom stereocenters. The van der Waals surface area contributed by atoms with Gasteiger partial charge in [-0.25, -0.2) is 0 Å². The fraction of sp³-hybridized carbons (Fsp3) is 0.389. The maximum atomic E-state index is 12.5. The summed E-state index contributed by atoms with van der Waals surface area (Å²) >= 11 is 6.46. The zero-order valence-corrected chi connectivity index (χ0v) is 16.5. The number of benzene rings is 1. The van der Waals surface area contributed by atoms with Gasteiger partial charge >= 0.3 is 5.97 Å². The van der Waals surface area contributed by atoms with Crippen LogP contribution in [0.5, 0.6) is 11.5 Å². The summed E-state index contributed by atoms with van der Waals surface area (Å²) in [5.41, 5.74) is 0.795. The molecule has 1 fully saturated rings. The van der Waals surface area contributed by atoms with E-state index in [0.717, 1.165) is 5.56 Å². The zero-order chi connectivity index (χ0) is 19.3. The van der Waals surface area contributed by atoms with E-state index in [9.17, 15) is 9.59 Å². The predicted molar refractivity (Wildman–Crippen MR) is 106 cm³/mol. The minimum Gasteiger partial charge on any atom is -0.493 e. The Kier molecular flexibility index (Phi) is 7.05. The molecule has 0 bridgehead atoms. The van der Waals surface area contributed by atoms with Crippen LogP contribution in [0.25, 0.3) is 6.08 Å². The Balaban J connectivity index is 2.15. The number of carboxylic acids is 1. The quantitative estimate of drug-likeness (QED) is 0.533. The van der Waals surface area contributed by atoms with Crippen LogP contribution in [0.3, 0.4) is 0 Å². The summed E-state index contributed by atoms with van der Waals surface area (Å²) in [6, 6.07) is 5.45. The van der Waals surface area contributed by atoms with Gasteiger partial charge in [0.05, 0.1) is 18.1 Å². The highest BCUT2D eigenvalue weighted by Gasteiger charge is 2.31. The number of ether oxygens (including phenoxy) is 2. The third kappa shape index (κ3) is 5.22. The van der Waals surface area contributed by atoms with Crippen molar-refractivity contribution in [2.45, 2.75) is 32.8 Å². The van der Waals surface area contributed by atoms with E-state index < -0.39 is 5.97 Å². The number of carbonyl (C=O) groups is 2. The van der Waals surface area contributed by atoms with Crippen LogP contribution in [0.2, 0.25) is 0 Å². The van der Waals surface area contributed by atoms with E-state index in [1.807, 2.05) is 19.9 Å². The second-order valence-electron chi connectivity index (χ2n) is 5.91. The molecule has 0 radical (unpaired) electrons. The number of aliphatic carboxylic acids is 1. The van der Waals surface area contributed by atoms with Crippen molar-refractivity contribution in [1.82, 2.24) is 4.90 Å². The van der Waals surface area contributed by atoms with Crippen LogP contribution in [-0.2, 0) is 9.59 Å². The Morgan fingerprint density at radius 3 is 2.73 bits per heavy atom. The molecular weight excluding hydrogens is 374 g/mol. The number of hydrogen-bond donors (Lipinski definition) is 1. The average Bonchev–Trinajstić information content (AvgIpc) is 2.82. The zero-order valence-electron chi connectivity index (χ0n) is 14.9. The van der Waals surface area contributed by atoms with Crippen molar-refractivity contribution in [3.63, 3.8) is 0 Å². The lowest BCUT2D eigenvalue weighted by molar-refractivity contribution is -0.137. The van der Waals surface area contributed by atoms with Crippen LogP contribution in [0, 0.1) is 0 Å². The fourth-order valence-corrected chi connectivity index (χ4v) is 3.67. The Morgan fingerprint density at radius 1 is 1.38 bits per heavy atom. The molecule has 0 spiro atoms. The van der Waals surface area contributed by atoms with Gasteiger partial charge in [0, 0.05) is 13.0 Å². The van der Waals surface area contributed by atoms with Gasteiger partial charge < -0.3 is 14.6 Å². The van der Waals surface area contributed by atoms with Crippen LogP contribution in [0.15, 0.2) is 23.1 Å². The highest BCUT2D eigenvalue weighted by atomic mass is 32.2. The minimum absolute atomic E-state index is 0.00458. The Labute approximate surface area is 162 Å². The number of methoxy groups -OCH3 is 1. The molecule has 0 aromatic heterocycles. The summed E-state index contributed by atoms with van der Waals surface area (Å²) in [5.74, 6) is 0.138. The van der Waals surface area contributed by atoms with Crippen LogP contribution in [-0.4, -0.2) is 46.0 Å². The molecule has 1 heterocycles. The number of thiocarbonyl (C=S) groups is 1. The molecule has 1 saturated heterocycles. The van der Waals surface area contributed by atoms with Crippen molar-refractivity contribution in [3.05, 3.63) is 28.7 Å². The molecule has 1 aliphatic rings. The standard InChI is InChI=1S/C18H21NO5S2/c1-11(2)24-13-7-6-12(9-14(13)23-3)10-15-17(22)19(18(25)26-15)8-4-5-16(20)21/h6-7,9-11H,4-5,8H2,1-3H3,(H,20,21). The van der Waals surface area contributed by atoms with E-state index in [0.29, 0.717) is 33.7 Å². The van der Waals surface area contributed by atoms with Crippen LogP contribution in [0.1, 0.15) is 32.3 Å². The lowest BCUT2D eigenvalue weighted by Gasteiger charge is -2.14. The van der Waals surface area contributed by atoms with E-state index in [4.69, 9.17) is 26.8 Å². The van der Waals surface area contributed by atoms with E-state index in [-0.39, 0.29) is 18.4 Å². The molecule has 0 saturated carbocycles. The lowest BCUT2D eigenvalue weighted by atomic mass is 10.1. The number of hydrogen-bond acceptors (Lipinski definition) is 6. The Bertz CT molecular complexity index is 745. The van der Waals surface area contributed by atoms with Gasteiger partial charge in [0.2, 0.25) is 0 Å². The largest absolute Gasteiger partial charge is 0.493 e. The highest BCUT2D eigenvalue weighted by Crippen LogP contribution is 2.35. The lowest BCUT2D eigenvalue weighted by Crippen LogP contribution is -2.29. The van der Waals surface area contributed by atoms with Gasteiger partial charge in [-0.05, 0) is 44.0 Å². The summed E-state index contributed by atoms with van der Waals surface area (Å²) in [6.07, 6.45) is 2.14. The molecule has 2 rings (SSSR count). The Hall–Kier alpha value is -2.06. The normalized spacial score (nSPS) is 15.8. The van der Waals surface area contributed by atoms with Gasteiger partial charge in [0.15, 0.2) is 11.5 Å².